The smallest absolute Gasteiger partial charge is 0.354 e. The number of nitrogens with one attached hydrogen (secondary N) is 1. The number of hydrogen-bond donors (Lipinski definition) is 1. The van der Waals surface area contributed by atoms with E-state index in [1.54, 1.807) is 13.0 Å². The lowest BCUT2D eigenvalue weighted by molar-refractivity contribution is -0.138. The molecule has 1 aromatic rings. The van der Waals surface area contributed by atoms with Crippen molar-refractivity contribution in [2.45, 2.75) is 6.92 Å². The Bertz CT molecular complexity index is 461. The van der Waals surface area contributed by atoms with Crippen molar-refractivity contribution in [1.82, 2.24) is 0 Å². The molecule has 0 radical (unpaired) electrons. The molecule has 1 aromatic carbocycles. The second-order valence-electron chi connectivity index (χ2n) is 3.37. The fraction of sp³-hybridized carbons (Fsp3) is 0.154. The Labute approximate surface area is 94.4 Å². The highest BCUT2D eigenvalue weighted by Crippen LogP contribution is 2.21. The van der Waals surface area contributed by atoms with Gasteiger partial charge in [0, 0.05) is 5.69 Å². The number of carbonyl (C=O) groups excluding carboxylic acids is 1. The number of benzene rings is 1. The molecular weight excluding hydrogens is 202 g/mol. The fourth-order valence-electron chi connectivity index (χ4n) is 1.52. The minimum absolute atomic E-state index is 0.330. The maximum Gasteiger partial charge on any atom is 0.354 e. The SMILES string of the molecule is CCOC(=O)C1=CC=Cc2ccccc2N1. The standard InChI is InChI=1S/C13H13NO2/c1-2-16-13(15)12-9-5-7-10-6-3-4-8-11(10)14-12/h3-9,14H,2H2,1H3. The van der Waals surface area contributed by atoms with E-state index in [9.17, 15) is 4.79 Å². The molecular formula is C13H13NO2. The van der Waals surface area contributed by atoms with E-state index < -0.39 is 0 Å². The molecule has 0 fully saturated rings. The second kappa shape index (κ2) is 4.66. The third kappa shape index (κ3) is 2.14. The van der Waals surface area contributed by atoms with Crippen molar-refractivity contribution in [3.63, 3.8) is 0 Å². The first-order valence-corrected chi connectivity index (χ1v) is 5.23. The maximum absolute atomic E-state index is 11.6. The largest absolute Gasteiger partial charge is 0.461 e. The Morgan fingerprint density at radius 1 is 1.38 bits per heavy atom. The van der Waals surface area contributed by atoms with Gasteiger partial charge in [-0.25, -0.2) is 4.79 Å². The molecule has 0 bridgehead atoms. The van der Waals surface area contributed by atoms with Crippen molar-refractivity contribution in [2.24, 2.45) is 0 Å². The van der Waals surface area contributed by atoms with Crippen LogP contribution in [0.15, 0.2) is 42.1 Å². The Kier molecular flexibility index (Phi) is 3.05. The van der Waals surface area contributed by atoms with Crippen LogP contribution in [0.5, 0.6) is 0 Å². The molecule has 0 spiro atoms. The van der Waals surface area contributed by atoms with Crippen LogP contribution in [0.25, 0.3) is 6.08 Å². The summed E-state index contributed by atoms with van der Waals surface area (Å²) in [5.41, 5.74) is 2.43. The van der Waals surface area contributed by atoms with Crippen molar-refractivity contribution < 1.29 is 9.53 Å². The first kappa shape index (κ1) is 10.5. The number of hydrogen-bond acceptors (Lipinski definition) is 3. The zero-order valence-corrected chi connectivity index (χ0v) is 9.07. The zero-order chi connectivity index (χ0) is 11.4. The van der Waals surface area contributed by atoms with E-state index in [1.807, 2.05) is 36.4 Å². The molecule has 2 rings (SSSR count). The highest BCUT2D eigenvalue weighted by atomic mass is 16.5. The van der Waals surface area contributed by atoms with E-state index in [2.05, 4.69) is 5.32 Å². The first-order valence-electron chi connectivity index (χ1n) is 5.23. The van der Waals surface area contributed by atoms with Gasteiger partial charge in [0.05, 0.1) is 6.61 Å². The molecule has 3 nitrogen and oxygen atoms in total. The van der Waals surface area contributed by atoms with Crippen molar-refractivity contribution in [2.75, 3.05) is 11.9 Å². The second-order valence-corrected chi connectivity index (χ2v) is 3.37. The predicted octanol–water partition coefficient (Wildman–Crippen LogP) is 2.57. The van der Waals surface area contributed by atoms with Gasteiger partial charge in [-0.2, -0.15) is 0 Å². The van der Waals surface area contributed by atoms with Crippen LogP contribution >= 0.6 is 0 Å². The van der Waals surface area contributed by atoms with Crippen LogP contribution in [-0.4, -0.2) is 12.6 Å². The third-order valence-corrected chi connectivity index (χ3v) is 2.26. The van der Waals surface area contributed by atoms with Crippen LogP contribution in [0.4, 0.5) is 5.69 Å². The lowest BCUT2D eigenvalue weighted by Crippen LogP contribution is -2.14. The van der Waals surface area contributed by atoms with Gasteiger partial charge in [-0.05, 0) is 24.6 Å². The van der Waals surface area contributed by atoms with Crippen molar-refractivity contribution >= 4 is 17.7 Å². The Morgan fingerprint density at radius 3 is 3.00 bits per heavy atom. The number of para-hydroxylation sites is 1. The quantitative estimate of drug-likeness (QED) is 0.770. The summed E-state index contributed by atoms with van der Waals surface area (Å²) in [6, 6.07) is 7.80. The van der Waals surface area contributed by atoms with Crippen LogP contribution in [0.2, 0.25) is 0 Å². The Morgan fingerprint density at radius 2 is 2.19 bits per heavy atom. The number of ether oxygens (including phenoxy) is 1. The minimum Gasteiger partial charge on any atom is -0.461 e. The summed E-state index contributed by atoms with van der Waals surface area (Å²) < 4.78 is 4.95. The zero-order valence-electron chi connectivity index (χ0n) is 9.07. The van der Waals surface area contributed by atoms with Crippen LogP contribution in [-0.2, 0) is 9.53 Å². The fourth-order valence-corrected chi connectivity index (χ4v) is 1.52. The molecule has 3 heteroatoms. The lowest BCUT2D eigenvalue weighted by atomic mass is 10.2. The summed E-state index contributed by atoms with van der Waals surface area (Å²) in [6.07, 6.45) is 5.51. The molecule has 1 aliphatic heterocycles. The van der Waals surface area contributed by atoms with E-state index in [1.165, 1.54) is 0 Å². The summed E-state index contributed by atoms with van der Waals surface area (Å²) in [5, 5.41) is 3.07. The highest BCUT2D eigenvalue weighted by Gasteiger charge is 2.12. The maximum atomic E-state index is 11.6. The van der Waals surface area contributed by atoms with Gasteiger partial charge in [0.25, 0.3) is 0 Å². The summed E-state index contributed by atoms with van der Waals surface area (Å²) in [7, 11) is 0. The van der Waals surface area contributed by atoms with Gasteiger partial charge in [0.15, 0.2) is 0 Å². The molecule has 0 saturated carbocycles. The van der Waals surface area contributed by atoms with Crippen molar-refractivity contribution in [3.8, 4) is 0 Å². The molecule has 0 atom stereocenters. The number of anilines is 1. The number of rotatable bonds is 2. The molecule has 1 aliphatic rings. The lowest BCUT2D eigenvalue weighted by Gasteiger charge is -2.10. The van der Waals surface area contributed by atoms with Gasteiger partial charge < -0.3 is 10.1 Å². The van der Waals surface area contributed by atoms with E-state index in [0.29, 0.717) is 12.3 Å². The third-order valence-electron chi connectivity index (χ3n) is 2.26. The van der Waals surface area contributed by atoms with Crippen LogP contribution in [0.3, 0.4) is 0 Å². The minimum atomic E-state index is -0.330. The average molecular weight is 215 g/mol. The topological polar surface area (TPSA) is 38.3 Å². The van der Waals surface area contributed by atoms with Gasteiger partial charge in [-0.1, -0.05) is 30.4 Å². The van der Waals surface area contributed by atoms with E-state index >= 15 is 0 Å². The summed E-state index contributed by atoms with van der Waals surface area (Å²) in [6.45, 7) is 2.17. The molecule has 0 aromatic heterocycles. The van der Waals surface area contributed by atoms with E-state index in [-0.39, 0.29) is 5.97 Å². The van der Waals surface area contributed by atoms with Gasteiger partial charge in [-0.3, -0.25) is 0 Å². The monoisotopic (exact) mass is 215 g/mol. The van der Waals surface area contributed by atoms with E-state index in [0.717, 1.165) is 11.3 Å². The molecule has 0 amide bonds. The van der Waals surface area contributed by atoms with Crippen molar-refractivity contribution in [3.05, 3.63) is 47.7 Å². The van der Waals surface area contributed by atoms with E-state index in [4.69, 9.17) is 4.74 Å². The predicted molar refractivity (Wildman–Crippen MR) is 63.8 cm³/mol. The highest BCUT2D eigenvalue weighted by molar-refractivity contribution is 5.94. The number of fused-ring (bicyclic) bond motifs is 1. The van der Waals surface area contributed by atoms with Crippen LogP contribution in [0, 0.1) is 0 Å². The Hall–Kier alpha value is -2.03. The molecule has 1 heterocycles. The van der Waals surface area contributed by atoms with Gasteiger partial charge in [-0.15, -0.1) is 0 Å². The van der Waals surface area contributed by atoms with Gasteiger partial charge >= 0.3 is 5.97 Å². The van der Waals surface area contributed by atoms with Crippen molar-refractivity contribution in [1.29, 1.82) is 0 Å². The Balaban J connectivity index is 2.26. The molecule has 82 valence electrons. The molecule has 0 unspecified atom stereocenters. The molecule has 16 heavy (non-hydrogen) atoms. The summed E-state index contributed by atoms with van der Waals surface area (Å²) in [5.74, 6) is -0.330. The normalized spacial score (nSPS) is 13.2. The van der Waals surface area contributed by atoms with Gasteiger partial charge in [0.1, 0.15) is 5.70 Å². The molecule has 1 N–H and O–H groups in total. The molecule has 0 aliphatic carbocycles. The number of carbonyl (C=O) groups is 1. The number of allylic oxidation sites excluding steroid dienone is 2. The van der Waals surface area contributed by atoms with Crippen LogP contribution < -0.4 is 5.32 Å². The van der Waals surface area contributed by atoms with Gasteiger partial charge in [0.2, 0.25) is 0 Å². The summed E-state index contributed by atoms with van der Waals surface area (Å²) >= 11 is 0. The number of esters is 1. The summed E-state index contributed by atoms with van der Waals surface area (Å²) in [4.78, 5) is 11.6. The van der Waals surface area contributed by atoms with Crippen LogP contribution in [0.1, 0.15) is 12.5 Å². The first-order chi connectivity index (χ1) is 7.81. The average Bonchev–Trinajstić information content (AvgIpc) is 2.51. The molecule has 0 saturated heterocycles.